The van der Waals surface area contributed by atoms with Crippen LogP contribution in [0.15, 0.2) is 85.7 Å². The van der Waals surface area contributed by atoms with Crippen LogP contribution in [-0.4, -0.2) is 101 Å². The monoisotopic (exact) mass is 1040 g/mol. The van der Waals surface area contributed by atoms with Gasteiger partial charge in [-0.15, -0.1) is 11.3 Å². The fraction of sp³-hybridized carbons (Fsp3) is 0.365. The second kappa shape index (κ2) is 23.1. The molecule has 3 atom stereocenters. The fourth-order valence-electron chi connectivity index (χ4n) is 8.87. The van der Waals surface area contributed by atoms with E-state index in [0.717, 1.165) is 25.7 Å². The molecular formula is C52H55F3N8O10S. The number of amides is 6. The fourth-order valence-corrected chi connectivity index (χ4v) is 9.91. The molecule has 6 amide bonds. The number of hydrogen-bond acceptors (Lipinski definition) is 12. The van der Waals surface area contributed by atoms with Crippen molar-refractivity contribution in [3.05, 3.63) is 113 Å². The van der Waals surface area contributed by atoms with Crippen LogP contribution in [0.5, 0.6) is 5.75 Å². The van der Waals surface area contributed by atoms with Crippen molar-refractivity contribution in [2.45, 2.75) is 90.0 Å². The summed E-state index contributed by atoms with van der Waals surface area (Å²) in [6, 6.07) is 14.8. The minimum absolute atomic E-state index is 0.0499. The van der Waals surface area contributed by atoms with Crippen LogP contribution >= 0.6 is 11.3 Å². The van der Waals surface area contributed by atoms with Gasteiger partial charge in [-0.05, 0) is 125 Å². The number of ether oxygens (including phenoxy) is 4. The Morgan fingerprint density at radius 1 is 0.878 bits per heavy atom. The quantitative estimate of drug-likeness (QED) is 0.0540. The third-order valence-electron chi connectivity index (χ3n) is 12.5. The number of carbonyl (C=O) groups excluding carboxylic acids is 6. The number of pyridine rings is 1. The Balaban J connectivity index is 0.850. The van der Waals surface area contributed by atoms with Crippen molar-refractivity contribution < 1.29 is 60.9 Å². The first-order chi connectivity index (χ1) is 35.5. The van der Waals surface area contributed by atoms with Crippen molar-refractivity contribution in [2.24, 2.45) is 7.05 Å². The van der Waals surface area contributed by atoms with Crippen LogP contribution in [0.3, 0.4) is 0 Å². The average molecular weight is 1040 g/mol. The van der Waals surface area contributed by atoms with Crippen LogP contribution in [0.2, 0.25) is 0 Å². The highest BCUT2D eigenvalue weighted by Gasteiger charge is 2.47. The predicted octanol–water partition coefficient (Wildman–Crippen LogP) is 9.58. The number of aromatic nitrogens is 2. The molecule has 4 N–H and O–H groups in total. The van der Waals surface area contributed by atoms with E-state index in [0.29, 0.717) is 93.1 Å². The highest BCUT2D eigenvalue weighted by Crippen LogP contribution is 2.40. The van der Waals surface area contributed by atoms with Crippen molar-refractivity contribution in [3.8, 4) is 16.3 Å². The van der Waals surface area contributed by atoms with Gasteiger partial charge in [0.2, 0.25) is 5.91 Å². The van der Waals surface area contributed by atoms with E-state index in [1.54, 1.807) is 71.4 Å². The number of fused-ring (bicyclic) bond motifs is 2. The Morgan fingerprint density at radius 2 is 1.61 bits per heavy atom. The summed E-state index contributed by atoms with van der Waals surface area (Å²) < 4.78 is 63.7. The van der Waals surface area contributed by atoms with Crippen LogP contribution in [-0.2, 0) is 30.8 Å². The lowest BCUT2D eigenvalue weighted by Gasteiger charge is -2.42. The Kier molecular flexibility index (Phi) is 16.5. The molecule has 74 heavy (non-hydrogen) atoms. The number of anilines is 5. The van der Waals surface area contributed by atoms with E-state index in [2.05, 4.69) is 27.5 Å². The summed E-state index contributed by atoms with van der Waals surface area (Å²) in [4.78, 5) is 87.8. The zero-order valence-electron chi connectivity index (χ0n) is 40.8. The molecule has 18 nitrogen and oxygen atoms in total. The number of piperidine rings is 1. The molecule has 0 spiro atoms. The van der Waals surface area contributed by atoms with Crippen LogP contribution in [0.1, 0.15) is 93.0 Å². The van der Waals surface area contributed by atoms with Gasteiger partial charge in [-0.3, -0.25) is 29.0 Å². The third-order valence-corrected chi connectivity index (χ3v) is 13.8. The normalized spacial score (nSPS) is 17.5. The van der Waals surface area contributed by atoms with Crippen LogP contribution in [0.25, 0.3) is 10.6 Å². The molecule has 0 radical (unpaired) electrons. The molecule has 0 aliphatic carbocycles. The Morgan fingerprint density at radius 3 is 2.31 bits per heavy atom. The van der Waals surface area contributed by atoms with E-state index in [9.17, 15) is 41.9 Å². The zero-order valence-corrected chi connectivity index (χ0v) is 41.7. The molecule has 0 bridgehead atoms. The molecule has 0 saturated carbocycles. The largest absolute Gasteiger partial charge is 0.493 e. The van der Waals surface area contributed by atoms with Gasteiger partial charge in [-0.25, -0.2) is 9.69 Å². The van der Waals surface area contributed by atoms with Gasteiger partial charge in [0.25, 0.3) is 17.7 Å². The van der Waals surface area contributed by atoms with Gasteiger partial charge >= 0.3 is 18.2 Å². The summed E-state index contributed by atoms with van der Waals surface area (Å²) in [5.41, 5.74) is 3.74. The molecule has 6 heterocycles. The summed E-state index contributed by atoms with van der Waals surface area (Å²) in [5.74, 6) is -3.13. The smallest absolute Gasteiger partial charge is 0.471 e. The lowest BCUT2D eigenvalue weighted by molar-refractivity contribution is -0.198. The second-order valence-electron chi connectivity index (χ2n) is 18.0. The number of benzene rings is 2. The molecule has 2 aromatic carbocycles. The van der Waals surface area contributed by atoms with Crippen LogP contribution in [0.4, 0.5) is 46.4 Å². The maximum atomic E-state index is 14.2. The van der Waals surface area contributed by atoms with E-state index in [1.165, 1.54) is 52.8 Å². The molecule has 2 unspecified atom stereocenters. The first-order valence-electron chi connectivity index (χ1n) is 24.0. The maximum Gasteiger partial charge on any atom is 0.471 e. The molecule has 390 valence electrons. The van der Waals surface area contributed by atoms with Gasteiger partial charge < -0.3 is 49.7 Å². The van der Waals surface area contributed by atoms with Gasteiger partial charge in [0.05, 0.1) is 56.9 Å². The number of carbonyl (C=O) groups is 6. The highest BCUT2D eigenvalue weighted by molar-refractivity contribution is 7.17. The van der Waals surface area contributed by atoms with Crippen LogP contribution < -0.4 is 30.9 Å². The summed E-state index contributed by atoms with van der Waals surface area (Å²) in [7, 11) is 1.67. The van der Waals surface area contributed by atoms with E-state index < -0.39 is 48.6 Å². The zero-order chi connectivity index (χ0) is 52.7. The summed E-state index contributed by atoms with van der Waals surface area (Å²) in [5, 5.41) is 10.1. The van der Waals surface area contributed by atoms with Crippen molar-refractivity contribution in [2.75, 3.05) is 52.5 Å². The molecule has 2 fully saturated rings. The number of nitrogens with one attached hydrogen (secondary N) is 4. The van der Waals surface area contributed by atoms with E-state index in [4.69, 9.17) is 18.9 Å². The topological polar surface area (TPSA) is 212 Å². The number of nitrogens with zero attached hydrogens (tertiary/aromatic N) is 4. The SMILES string of the molecule is C=CCOC(=O)N1c2cc(OCCCC(=O)Nc3cc(C(=O)Nc4ccc(-c5cc(C)c(C(=O)Nc6ccc(NC(=O)C(F)(F)F)cc6)s5)nc4)n(C)c3)c(C)cc2C(=O)N2CCCC[C@H]2C1OC1CCCCO1. The second-order valence-corrected chi connectivity index (χ2v) is 19.0. The van der Waals surface area contributed by atoms with Crippen molar-refractivity contribution in [1.29, 1.82) is 0 Å². The first-order valence-corrected chi connectivity index (χ1v) is 24.9. The Bertz CT molecular complexity index is 2920. The highest BCUT2D eigenvalue weighted by atomic mass is 32.1. The van der Waals surface area contributed by atoms with Gasteiger partial charge in [-0.2, -0.15) is 13.2 Å². The molecule has 3 aliphatic heterocycles. The molecule has 2 saturated heterocycles. The average Bonchev–Trinajstić information content (AvgIpc) is 3.94. The molecule has 3 aromatic heterocycles. The van der Waals surface area contributed by atoms with Gasteiger partial charge in [0.1, 0.15) is 18.1 Å². The van der Waals surface area contributed by atoms with Crippen molar-refractivity contribution >= 4 is 75.4 Å². The molecule has 22 heteroatoms. The molecule has 8 rings (SSSR count). The van der Waals surface area contributed by atoms with Gasteiger partial charge in [0, 0.05) is 50.3 Å². The lowest BCUT2D eigenvalue weighted by atomic mass is 10.00. The number of rotatable bonds is 16. The van der Waals surface area contributed by atoms with Crippen molar-refractivity contribution in [3.63, 3.8) is 0 Å². The maximum absolute atomic E-state index is 14.2. The predicted molar refractivity (Wildman–Crippen MR) is 270 cm³/mol. The minimum Gasteiger partial charge on any atom is -0.493 e. The van der Waals surface area contributed by atoms with Crippen molar-refractivity contribution in [1.82, 2.24) is 14.5 Å². The summed E-state index contributed by atoms with van der Waals surface area (Å²) >= 11 is 1.18. The van der Waals surface area contributed by atoms with E-state index in [1.807, 2.05) is 6.92 Å². The standard InChI is InChI=1S/C52H55F3N8O10S/c1-5-21-72-51(69)63-39-27-41(30(2)24-36(39)48(67)62-20-8-6-11-38(62)49(63)73-44-13-7-9-22-71-44)70-23-10-12-43(64)57-35-26-40(61(4)29-35)46(65)59-34-18-19-37(56-28-34)42-25-31(3)45(74-42)47(66)58-32-14-16-33(17-15-32)60-50(68)52(53,54)55/h5,14-19,24-29,38,44,49H,1,6-13,20-23H2,2-4H3,(H,57,64)(H,58,66)(H,59,65)(H,60,68)/t38-,44?,49?/m0/s1. The third kappa shape index (κ3) is 12.4. The molecular weight excluding hydrogens is 986 g/mol. The van der Waals surface area contributed by atoms with Gasteiger partial charge in [0.15, 0.2) is 12.5 Å². The van der Waals surface area contributed by atoms with E-state index in [-0.39, 0.29) is 42.8 Å². The Hall–Kier alpha value is -7.56. The summed E-state index contributed by atoms with van der Waals surface area (Å²) in [6.45, 7) is 8.37. The lowest BCUT2D eigenvalue weighted by Crippen LogP contribution is -2.57. The van der Waals surface area contributed by atoms with E-state index >= 15 is 0 Å². The number of halogens is 3. The number of hydrogen-bond donors (Lipinski definition) is 4. The van der Waals surface area contributed by atoms with Gasteiger partial charge in [-0.1, -0.05) is 12.7 Å². The Labute approximate surface area is 428 Å². The minimum atomic E-state index is -5.04. The molecule has 3 aliphatic rings. The van der Waals surface area contributed by atoms with Crippen LogP contribution in [0, 0.1) is 13.8 Å². The first kappa shape index (κ1) is 52.8. The number of thiophene rings is 1. The number of aryl methyl sites for hydroxylation is 3. The summed E-state index contributed by atoms with van der Waals surface area (Å²) in [6.07, 6.45) is 2.52. The molecule has 5 aromatic rings. The number of alkyl halides is 3.